The van der Waals surface area contributed by atoms with Gasteiger partial charge in [0.1, 0.15) is 6.61 Å². The average Bonchev–Trinajstić information content (AvgIpc) is 2.90. The standard InChI is InChI=1S/C20H19NO4/c1-14(11-12-18(22)25-13-15-7-3-2-4-8-15)21-19(23)16-9-5-6-10-17(16)20(21)24/h2-10,14H,11-13H2,1H3. The van der Waals surface area contributed by atoms with E-state index in [-0.39, 0.29) is 36.9 Å². The molecule has 3 rings (SSSR count). The third-order valence-corrected chi connectivity index (χ3v) is 4.28. The zero-order chi connectivity index (χ0) is 17.8. The molecule has 0 radical (unpaired) electrons. The first-order valence-electron chi connectivity index (χ1n) is 8.24. The van der Waals surface area contributed by atoms with Gasteiger partial charge in [-0.2, -0.15) is 0 Å². The molecule has 0 aliphatic carbocycles. The summed E-state index contributed by atoms with van der Waals surface area (Å²) in [5.74, 6) is -0.941. The lowest BCUT2D eigenvalue weighted by molar-refractivity contribution is -0.145. The fourth-order valence-corrected chi connectivity index (χ4v) is 2.87. The first-order valence-corrected chi connectivity index (χ1v) is 8.24. The van der Waals surface area contributed by atoms with Crippen molar-refractivity contribution in [2.75, 3.05) is 0 Å². The van der Waals surface area contributed by atoms with Gasteiger partial charge in [0.15, 0.2) is 0 Å². The Morgan fingerprint density at radius 3 is 2.12 bits per heavy atom. The van der Waals surface area contributed by atoms with Gasteiger partial charge in [0.25, 0.3) is 11.8 Å². The Labute approximate surface area is 146 Å². The summed E-state index contributed by atoms with van der Waals surface area (Å²) in [6.07, 6.45) is 0.528. The summed E-state index contributed by atoms with van der Waals surface area (Å²) in [7, 11) is 0. The van der Waals surface area contributed by atoms with Crippen LogP contribution >= 0.6 is 0 Å². The molecule has 128 valence electrons. The Bertz CT molecular complexity index is 765. The summed E-state index contributed by atoms with van der Waals surface area (Å²) in [5, 5.41) is 0. The number of esters is 1. The van der Waals surface area contributed by atoms with Gasteiger partial charge in [-0.15, -0.1) is 0 Å². The first kappa shape index (κ1) is 16.9. The van der Waals surface area contributed by atoms with Crippen LogP contribution in [0, 0.1) is 0 Å². The normalized spacial score (nSPS) is 14.4. The molecule has 1 aliphatic heterocycles. The fourth-order valence-electron chi connectivity index (χ4n) is 2.87. The van der Waals surface area contributed by atoms with E-state index in [4.69, 9.17) is 4.74 Å². The van der Waals surface area contributed by atoms with Crippen molar-refractivity contribution >= 4 is 17.8 Å². The highest BCUT2D eigenvalue weighted by molar-refractivity contribution is 6.21. The second kappa shape index (κ2) is 7.30. The zero-order valence-corrected chi connectivity index (χ0v) is 14.0. The SMILES string of the molecule is CC(CCC(=O)OCc1ccccc1)N1C(=O)c2ccccc2C1=O. The first-order chi connectivity index (χ1) is 12.1. The van der Waals surface area contributed by atoms with Crippen molar-refractivity contribution in [3.8, 4) is 0 Å². The lowest BCUT2D eigenvalue weighted by Crippen LogP contribution is -2.38. The number of fused-ring (bicyclic) bond motifs is 1. The summed E-state index contributed by atoms with van der Waals surface area (Å²) >= 11 is 0. The van der Waals surface area contributed by atoms with Crippen LogP contribution < -0.4 is 0 Å². The smallest absolute Gasteiger partial charge is 0.306 e. The molecule has 2 aromatic carbocycles. The number of nitrogens with zero attached hydrogens (tertiary/aromatic N) is 1. The number of benzene rings is 2. The van der Waals surface area contributed by atoms with Crippen LogP contribution in [-0.2, 0) is 16.1 Å². The van der Waals surface area contributed by atoms with E-state index in [1.807, 2.05) is 30.3 Å². The van der Waals surface area contributed by atoms with Crippen molar-refractivity contribution < 1.29 is 19.1 Å². The highest BCUT2D eigenvalue weighted by Crippen LogP contribution is 2.25. The minimum absolute atomic E-state index is 0.154. The van der Waals surface area contributed by atoms with Crippen molar-refractivity contribution in [2.24, 2.45) is 0 Å². The Hall–Kier alpha value is -2.95. The van der Waals surface area contributed by atoms with Gasteiger partial charge in [-0.3, -0.25) is 19.3 Å². The van der Waals surface area contributed by atoms with E-state index < -0.39 is 0 Å². The van der Waals surface area contributed by atoms with E-state index in [1.54, 1.807) is 31.2 Å². The van der Waals surface area contributed by atoms with Crippen LogP contribution in [0.15, 0.2) is 54.6 Å². The van der Waals surface area contributed by atoms with Crippen LogP contribution in [0.25, 0.3) is 0 Å². The fraction of sp³-hybridized carbons (Fsp3) is 0.250. The number of carbonyl (C=O) groups excluding carboxylic acids is 3. The third-order valence-electron chi connectivity index (χ3n) is 4.28. The summed E-state index contributed by atoms with van der Waals surface area (Å²) in [5.41, 5.74) is 1.77. The van der Waals surface area contributed by atoms with Crippen molar-refractivity contribution in [1.82, 2.24) is 4.90 Å². The molecule has 5 heteroatoms. The highest BCUT2D eigenvalue weighted by atomic mass is 16.5. The molecule has 1 heterocycles. The Morgan fingerprint density at radius 1 is 0.960 bits per heavy atom. The number of ether oxygens (including phenoxy) is 1. The van der Waals surface area contributed by atoms with Gasteiger partial charge in [0.05, 0.1) is 11.1 Å². The predicted molar refractivity (Wildman–Crippen MR) is 91.9 cm³/mol. The van der Waals surface area contributed by atoms with Crippen molar-refractivity contribution in [3.63, 3.8) is 0 Å². The van der Waals surface area contributed by atoms with Gasteiger partial charge in [-0.05, 0) is 31.0 Å². The summed E-state index contributed by atoms with van der Waals surface area (Å²) in [6.45, 7) is 1.99. The van der Waals surface area contributed by atoms with E-state index in [0.717, 1.165) is 5.56 Å². The zero-order valence-electron chi connectivity index (χ0n) is 14.0. The largest absolute Gasteiger partial charge is 0.461 e. The van der Waals surface area contributed by atoms with Crippen molar-refractivity contribution in [2.45, 2.75) is 32.4 Å². The molecule has 0 spiro atoms. The van der Waals surface area contributed by atoms with E-state index in [9.17, 15) is 14.4 Å². The number of hydrogen-bond acceptors (Lipinski definition) is 4. The predicted octanol–water partition coefficient (Wildman–Crippen LogP) is 3.19. The van der Waals surface area contributed by atoms with Crippen molar-refractivity contribution in [1.29, 1.82) is 0 Å². The average molecular weight is 337 g/mol. The number of rotatable bonds is 6. The number of imide groups is 1. The maximum atomic E-state index is 12.4. The highest BCUT2D eigenvalue weighted by Gasteiger charge is 2.37. The Balaban J connectivity index is 1.53. The molecule has 0 N–H and O–H groups in total. The molecule has 2 aromatic rings. The molecule has 5 nitrogen and oxygen atoms in total. The number of hydrogen-bond donors (Lipinski definition) is 0. The quantitative estimate of drug-likeness (QED) is 0.600. The Kier molecular flexibility index (Phi) is 4.93. The molecule has 1 atom stereocenters. The third kappa shape index (κ3) is 3.60. The maximum absolute atomic E-state index is 12.4. The second-order valence-corrected chi connectivity index (χ2v) is 6.06. The van der Waals surface area contributed by atoms with Gasteiger partial charge in [-0.1, -0.05) is 42.5 Å². The van der Waals surface area contributed by atoms with Crippen LogP contribution in [0.4, 0.5) is 0 Å². The van der Waals surface area contributed by atoms with Crippen LogP contribution in [0.5, 0.6) is 0 Å². The molecule has 25 heavy (non-hydrogen) atoms. The van der Waals surface area contributed by atoms with E-state index >= 15 is 0 Å². The van der Waals surface area contributed by atoms with Crippen LogP contribution in [0.2, 0.25) is 0 Å². The minimum atomic E-state index is -0.364. The van der Waals surface area contributed by atoms with Crippen molar-refractivity contribution in [3.05, 3.63) is 71.3 Å². The lowest BCUT2D eigenvalue weighted by atomic mass is 10.1. The molecular formula is C20H19NO4. The second-order valence-electron chi connectivity index (χ2n) is 6.06. The molecule has 1 unspecified atom stereocenters. The van der Waals surface area contributed by atoms with E-state index in [2.05, 4.69) is 0 Å². The summed E-state index contributed by atoms with van der Waals surface area (Å²) in [4.78, 5) is 37.9. The van der Waals surface area contributed by atoms with E-state index in [1.165, 1.54) is 4.90 Å². The van der Waals surface area contributed by atoms with Crippen LogP contribution in [0.1, 0.15) is 46.0 Å². The molecule has 0 saturated heterocycles. The maximum Gasteiger partial charge on any atom is 0.306 e. The van der Waals surface area contributed by atoms with Crippen LogP contribution in [0.3, 0.4) is 0 Å². The molecule has 2 amide bonds. The molecular weight excluding hydrogens is 318 g/mol. The molecule has 0 bridgehead atoms. The molecule has 0 saturated carbocycles. The molecule has 1 aliphatic rings. The van der Waals surface area contributed by atoms with Gasteiger partial charge >= 0.3 is 5.97 Å². The summed E-state index contributed by atoms with van der Waals surface area (Å²) in [6, 6.07) is 15.8. The van der Waals surface area contributed by atoms with E-state index in [0.29, 0.717) is 17.5 Å². The number of amides is 2. The van der Waals surface area contributed by atoms with Gasteiger partial charge in [0.2, 0.25) is 0 Å². The lowest BCUT2D eigenvalue weighted by Gasteiger charge is -2.22. The van der Waals surface area contributed by atoms with Gasteiger partial charge in [-0.25, -0.2) is 0 Å². The van der Waals surface area contributed by atoms with Gasteiger partial charge in [0, 0.05) is 12.5 Å². The molecule has 0 fully saturated rings. The topological polar surface area (TPSA) is 63.7 Å². The minimum Gasteiger partial charge on any atom is -0.461 e. The summed E-state index contributed by atoms with van der Waals surface area (Å²) < 4.78 is 5.23. The van der Waals surface area contributed by atoms with Crippen LogP contribution in [-0.4, -0.2) is 28.7 Å². The van der Waals surface area contributed by atoms with Gasteiger partial charge < -0.3 is 4.74 Å². The Morgan fingerprint density at radius 2 is 1.52 bits per heavy atom. The monoisotopic (exact) mass is 337 g/mol. The number of carbonyl (C=O) groups is 3. The molecule has 0 aromatic heterocycles.